The van der Waals surface area contributed by atoms with Crippen LogP contribution in [0.5, 0.6) is 0 Å². The summed E-state index contributed by atoms with van der Waals surface area (Å²) >= 11 is 0. The molecule has 1 N–H and O–H groups in total. The van der Waals surface area contributed by atoms with Crippen molar-refractivity contribution in [3.63, 3.8) is 0 Å². The molecule has 1 saturated heterocycles. The van der Waals surface area contributed by atoms with Crippen LogP contribution >= 0.6 is 0 Å². The molecule has 3 heteroatoms. The fourth-order valence-electron chi connectivity index (χ4n) is 2.23. The Labute approximate surface area is 93.8 Å². The standard InChI is InChI=1S/C12H25N3/c1-11(5-6-13-12-3-4-12)15-9-7-14(2)8-10-15/h11-13H,3-10H2,1-2H3. The molecule has 2 aliphatic rings. The third kappa shape index (κ3) is 3.74. The molecule has 0 spiro atoms. The molecule has 1 aliphatic carbocycles. The summed E-state index contributed by atoms with van der Waals surface area (Å²) in [5.74, 6) is 0. The van der Waals surface area contributed by atoms with Crippen LogP contribution in [0.1, 0.15) is 26.2 Å². The molecule has 1 heterocycles. The number of nitrogens with one attached hydrogen (secondary N) is 1. The quantitative estimate of drug-likeness (QED) is 0.724. The first-order valence-corrected chi connectivity index (χ1v) is 6.41. The lowest BCUT2D eigenvalue weighted by Gasteiger charge is -2.36. The molecule has 1 aliphatic heterocycles. The number of hydrogen-bond donors (Lipinski definition) is 1. The van der Waals surface area contributed by atoms with Gasteiger partial charge in [0.2, 0.25) is 0 Å². The lowest BCUT2D eigenvalue weighted by molar-refractivity contribution is 0.114. The number of nitrogens with zero attached hydrogens (tertiary/aromatic N) is 2. The van der Waals surface area contributed by atoms with Crippen LogP contribution in [0.2, 0.25) is 0 Å². The van der Waals surface area contributed by atoms with Crippen molar-refractivity contribution in [2.75, 3.05) is 39.8 Å². The van der Waals surface area contributed by atoms with Crippen molar-refractivity contribution in [1.29, 1.82) is 0 Å². The number of likely N-dealkylation sites (N-methyl/N-ethyl adjacent to an activating group) is 1. The van der Waals surface area contributed by atoms with Gasteiger partial charge >= 0.3 is 0 Å². The van der Waals surface area contributed by atoms with Crippen molar-refractivity contribution >= 4 is 0 Å². The summed E-state index contributed by atoms with van der Waals surface area (Å²) in [4.78, 5) is 5.06. The van der Waals surface area contributed by atoms with Crippen LogP contribution in [0.4, 0.5) is 0 Å². The molecule has 1 unspecified atom stereocenters. The summed E-state index contributed by atoms with van der Waals surface area (Å²) in [5.41, 5.74) is 0. The fraction of sp³-hybridized carbons (Fsp3) is 1.00. The summed E-state index contributed by atoms with van der Waals surface area (Å²) in [6.45, 7) is 8.56. The zero-order chi connectivity index (χ0) is 10.7. The van der Waals surface area contributed by atoms with Crippen LogP contribution < -0.4 is 5.32 Å². The zero-order valence-electron chi connectivity index (χ0n) is 10.2. The predicted molar refractivity (Wildman–Crippen MR) is 64.2 cm³/mol. The summed E-state index contributed by atoms with van der Waals surface area (Å²) in [5, 5.41) is 3.60. The van der Waals surface area contributed by atoms with E-state index in [-0.39, 0.29) is 0 Å². The van der Waals surface area contributed by atoms with E-state index in [2.05, 4.69) is 29.1 Å². The van der Waals surface area contributed by atoms with Gasteiger partial charge in [0.25, 0.3) is 0 Å². The second-order valence-corrected chi connectivity index (χ2v) is 5.21. The Hall–Kier alpha value is -0.120. The van der Waals surface area contributed by atoms with Crippen LogP contribution in [0, 0.1) is 0 Å². The van der Waals surface area contributed by atoms with E-state index in [9.17, 15) is 0 Å². The fourth-order valence-corrected chi connectivity index (χ4v) is 2.23. The second kappa shape index (κ2) is 5.28. The molecule has 0 amide bonds. The molecule has 0 aromatic rings. The van der Waals surface area contributed by atoms with Gasteiger partial charge in [0, 0.05) is 38.3 Å². The van der Waals surface area contributed by atoms with Crippen molar-refractivity contribution in [3.8, 4) is 0 Å². The molecule has 2 rings (SSSR count). The molecule has 0 aromatic heterocycles. The van der Waals surface area contributed by atoms with Gasteiger partial charge in [-0.05, 0) is 39.8 Å². The lowest BCUT2D eigenvalue weighted by atomic mass is 10.1. The highest BCUT2D eigenvalue weighted by Gasteiger charge is 2.22. The summed E-state index contributed by atoms with van der Waals surface area (Å²) in [6, 6.07) is 1.62. The molecule has 15 heavy (non-hydrogen) atoms. The minimum atomic E-state index is 0.755. The second-order valence-electron chi connectivity index (χ2n) is 5.21. The minimum Gasteiger partial charge on any atom is -0.314 e. The molecule has 1 atom stereocenters. The van der Waals surface area contributed by atoms with E-state index in [1.54, 1.807) is 0 Å². The van der Waals surface area contributed by atoms with Gasteiger partial charge < -0.3 is 10.2 Å². The highest BCUT2D eigenvalue weighted by molar-refractivity contribution is 4.82. The first-order chi connectivity index (χ1) is 7.25. The van der Waals surface area contributed by atoms with E-state index in [4.69, 9.17) is 0 Å². The van der Waals surface area contributed by atoms with E-state index in [1.807, 2.05) is 0 Å². The maximum atomic E-state index is 3.60. The van der Waals surface area contributed by atoms with Crippen molar-refractivity contribution in [1.82, 2.24) is 15.1 Å². The van der Waals surface area contributed by atoms with Gasteiger partial charge in [-0.3, -0.25) is 4.90 Å². The van der Waals surface area contributed by atoms with Gasteiger partial charge in [0.1, 0.15) is 0 Å². The number of hydrogen-bond acceptors (Lipinski definition) is 3. The van der Waals surface area contributed by atoms with Crippen molar-refractivity contribution in [2.45, 2.75) is 38.3 Å². The average molecular weight is 211 g/mol. The van der Waals surface area contributed by atoms with E-state index < -0.39 is 0 Å². The molecule has 3 nitrogen and oxygen atoms in total. The highest BCUT2D eigenvalue weighted by Crippen LogP contribution is 2.18. The third-order valence-corrected chi connectivity index (χ3v) is 3.73. The first kappa shape index (κ1) is 11.4. The number of piperazine rings is 1. The van der Waals surface area contributed by atoms with Gasteiger partial charge in [-0.25, -0.2) is 0 Å². The van der Waals surface area contributed by atoms with Gasteiger partial charge in [-0.15, -0.1) is 0 Å². The SMILES string of the molecule is CC(CCNC1CC1)N1CCN(C)CC1. The smallest absolute Gasteiger partial charge is 0.0113 e. The summed E-state index contributed by atoms with van der Waals surface area (Å²) < 4.78 is 0. The Morgan fingerprint density at radius 3 is 2.47 bits per heavy atom. The van der Waals surface area contributed by atoms with Crippen LogP contribution in [-0.2, 0) is 0 Å². The first-order valence-electron chi connectivity index (χ1n) is 6.41. The Kier molecular flexibility index (Phi) is 4.00. The van der Waals surface area contributed by atoms with Crippen LogP contribution in [0.25, 0.3) is 0 Å². The van der Waals surface area contributed by atoms with E-state index >= 15 is 0 Å². The topological polar surface area (TPSA) is 18.5 Å². The molecule has 0 aromatic carbocycles. The van der Waals surface area contributed by atoms with E-state index in [1.165, 1.54) is 52.0 Å². The largest absolute Gasteiger partial charge is 0.314 e. The van der Waals surface area contributed by atoms with Crippen LogP contribution in [0.3, 0.4) is 0 Å². The molecule has 0 radical (unpaired) electrons. The Morgan fingerprint density at radius 2 is 1.87 bits per heavy atom. The average Bonchev–Trinajstić information content (AvgIpc) is 3.02. The normalized spacial score (nSPS) is 26.8. The van der Waals surface area contributed by atoms with Gasteiger partial charge in [0.15, 0.2) is 0 Å². The molecule has 2 fully saturated rings. The molecule has 0 bridgehead atoms. The van der Waals surface area contributed by atoms with Crippen molar-refractivity contribution in [3.05, 3.63) is 0 Å². The monoisotopic (exact) mass is 211 g/mol. The summed E-state index contributed by atoms with van der Waals surface area (Å²) in [7, 11) is 2.22. The molecular weight excluding hydrogens is 186 g/mol. The van der Waals surface area contributed by atoms with Crippen molar-refractivity contribution < 1.29 is 0 Å². The van der Waals surface area contributed by atoms with Crippen LogP contribution in [-0.4, -0.2) is 61.7 Å². The molecule has 88 valence electrons. The zero-order valence-corrected chi connectivity index (χ0v) is 10.2. The van der Waals surface area contributed by atoms with Crippen molar-refractivity contribution in [2.24, 2.45) is 0 Å². The Balaban J connectivity index is 1.59. The number of rotatable bonds is 5. The Morgan fingerprint density at radius 1 is 1.20 bits per heavy atom. The van der Waals surface area contributed by atoms with Crippen LogP contribution in [0.15, 0.2) is 0 Å². The maximum Gasteiger partial charge on any atom is 0.0113 e. The minimum absolute atomic E-state index is 0.755. The maximum absolute atomic E-state index is 3.60. The van der Waals surface area contributed by atoms with E-state index in [0.717, 1.165) is 12.1 Å². The molecule has 1 saturated carbocycles. The van der Waals surface area contributed by atoms with Gasteiger partial charge in [-0.1, -0.05) is 0 Å². The molecular formula is C12H25N3. The highest BCUT2D eigenvalue weighted by atomic mass is 15.3. The predicted octanol–water partition coefficient (Wildman–Crippen LogP) is 0.764. The third-order valence-electron chi connectivity index (χ3n) is 3.73. The summed E-state index contributed by atoms with van der Waals surface area (Å²) in [6.07, 6.45) is 4.12. The lowest BCUT2D eigenvalue weighted by Crippen LogP contribution is -2.48. The Bertz CT molecular complexity index is 183. The van der Waals surface area contributed by atoms with E-state index in [0.29, 0.717) is 0 Å². The van der Waals surface area contributed by atoms with Gasteiger partial charge in [0.05, 0.1) is 0 Å². The van der Waals surface area contributed by atoms with Gasteiger partial charge in [-0.2, -0.15) is 0 Å².